The molecular formula is C16H24N2O2. The number of rotatable bonds is 6. The summed E-state index contributed by atoms with van der Waals surface area (Å²) in [4.78, 5) is 12.0. The van der Waals surface area contributed by atoms with Gasteiger partial charge in [-0.15, -0.1) is 0 Å². The van der Waals surface area contributed by atoms with Gasteiger partial charge >= 0.3 is 0 Å². The molecule has 4 nitrogen and oxygen atoms in total. The van der Waals surface area contributed by atoms with Gasteiger partial charge < -0.3 is 15.8 Å². The summed E-state index contributed by atoms with van der Waals surface area (Å²) in [6, 6.07) is 5.93. The van der Waals surface area contributed by atoms with Crippen molar-refractivity contribution in [3.63, 3.8) is 0 Å². The first-order valence-electron chi connectivity index (χ1n) is 7.16. The van der Waals surface area contributed by atoms with Crippen LogP contribution < -0.4 is 15.8 Å². The number of amides is 1. The summed E-state index contributed by atoms with van der Waals surface area (Å²) in [6.07, 6.45) is 2.29. The highest BCUT2D eigenvalue weighted by Crippen LogP contribution is 2.38. The molecule has 1 fully saturated rings. The molecule has 1 saturated carbocycles. The first kappa shape index (κ1) is 14.9. The van der Waals surface area contributed by atoms with Crippen LogP contribution in [-0.2, 0) is 4.79 Å². The Balaban J connectivity index is 1.88. The van der Waals surface area contributed by atoms with Crippen molar-refractivity contribution in [2.45, 2.75) is 39.2 Å². The summed E-state index contributed by atoms with van der Waals surface area (Å²) >= 11 is 0. The van der Waals surface area contributed by atoms with Crippen LogP contribution in [0.4, 0.5) is 0 Å². The molecule has 1 aliphatic rings. The molecule has 0 aliphatic heterocycles. The number of ether oxygens (including phenoxy) is 1. The Morgan fingerprint density at radius 2 is 2.15 bits per heavy atom. The van der Waals surface area contributed by atoms with Gasteiger partial charge in [0.15, 0.2) is 6.61 Å². The molecule has 0 bridgehead atoms. The largest absolute Gasteiger partial charge is 0.484 e. The molecule has 1 unspecified atom stereocenters. The van der Waals surface area contributed by atoms with Crippen molar-refractivity contribution < 1.29 is 9.53 Å². The van der Waals surface area contributed by atoms with Crippen LogP contribution in [0, 0.1) is 19.8 Å². The minimum Gasteiger partial charge on any atom is -0.484 e. The third kappa shape index (κ3) is 3.51. The second-order valence-corrected chi connectivity index (χ2v) is 6.00. The molecule has 0 spiro atoms. The Bertz CT molecular complexity index is 497. The van der Waals surface area contributed by atoms with Gasteiger partial charge in [-0.2, -0.15) is 0 Å². The molecule has 3 N–H and O–H groups in total. The molecule has 0 heterocycles. The fraction of sp³-hybridized carbons (Fsp3) is 0.562. The number of hydrogen-bond acceptors (Lipinski definition) is 3. The monoisotopic (exact) mass is 276 g/mol. The topological polar surface area (TPSA) is 64.3 Å². The number of hydrogen-bond donors (Lipinski definition) is 2. The minimum absolute atomic E-state index is 0.0339. The highest BCUT2D eigenvalue weighted by atomic mass is 16.5. The average Bonchev–Trinajstić information content (AvgIpc) is 3.22. The number of nitrogens with one attached hydrogen (secondary N) is 1. The number of carbonyl (C=O) groups excluding carboxylic acids is 1. The smallest absolute Gasteiger partial charge is 0.258 e. The van der Waals surface area contributed by atoms with Crippen molar-refractivity contribution in [2.24, 2.45) is 11.7 Å². The van der Waals surface area contributed by atoms with Gasteiger partial charge in [0.05, 0.1) is 5.54 Å². The van der Waals surface area contributed by atoms with Gasteiger partial charge in [-0.1, -0.05) is 17.7 Å². The number of nitrogens with two attached hydrogens (primary N) is 1. The maximum Gasteiger partial charge on any atom is 0.258 e. The lowest BCUT2D eigenvalue weighted by Gasteiger charge is -2.29. The zero-order valence-electron chi connectivity index (χ0n) is 12.5. The van der Waals surface area contributed by atoms with Crippen molar-refractivity contribution in [3.8, 4) is 5.75 Å². The molecule has 2 rings (SSSR count). The molecular weight excluding hydrogens is 252 g/mol. The van der Waals surface area contributed by atoms with Gasteiger partial charge in [-0.05, 0) is 51.2 Å². The van der Waals surface area contributed by atoms with Crippen LogP contribution in [0.1, 0.15) is 30.9 Å². The molecule has 20 heavy (non-hydrogen) atoms. The summed E-state index contributed by atoms with van der Waals surface area (Å²) < 4.78 is 5.59. The molecule has 1 aromatic carbocycles. The van der Waals surface area contributed by atoms with E-state index in [4.69, 9.17) is 10.5 Å². The lowest BCUT2D eigenvalue weighted by Crippen LogP contribution is -2.54. The van der Waals surface area contributed by atoms with Crippen molar-refractivity contribution in [1.29, 1.82) is 0 Å². The van der Waals surface area contributed by atoms with E-state index in [9.17, 15) is 4.79 Å². The van der Waals surface area contributed by atoms with Gasteiger partial charge in [-0.25, -0.2) is 0 Å². The number of benzene rings is 1. The van der Waals surface area contributed by atoms with Gasteiger partial charge in [-0.3, -0.25) is 4.79 Å². The maximum absolute atomic E-state index is 12.0. The Hall–Kier alpha value is -1.55. The lowest BCUT2D eigenvalue weighted by atomic mass is 9.96. The summed E-state index contributed by atoms with van der Waals surface area (Å²) in [5, 5.41) is 3.02. The van der Waals surface area contributed by atoms with Crippen LogP contribution in [0.5, 0.6) is 5.75 Å². The summed E-state index contributed by atoms with van der Waals surface area (Å²) in [5.41, 5.74) is 7.73. The third-order valence-corrected chi connectivity index (χ3v) is 4.02. The second kappa shape index (κ2) is 5.83. The standard InChI is InChI=1S/C16H24N2O2/c1-11-4-7-14(12(2)8-11)20-9-15(19)18-16(3,10-17)13-5-6-13/h4,7-8,13H,5-6,9-10,17H2,1-3H3,(H,18,19). The van der Waals surface area contributed by atoms with Crippen molar-refractivity contribution in [1.82, 2.24) is 5.32 Å². The number of carbonyl (C=O) groups is 1. The fourth-order valence-corrected chi connectivity index (χ4v) is 2.50. The summed E-state index contributed by atoms with van der Waals surface area (Å²) in [7, 11) is 0. The Morgan fingerprint density at radius 1 is 1.45 bits per heavy atom. The van der Waals surface area contributed by atoms with E-state index in [2.05, 4.69) is 5.32 Å². The first-order valence-corrected chi connectivity index (χ1v) is 7.16. The van der Waals surface area contributed by atoms with E-state index in [1.807, 2.05) is 39.0 Å². The molecule has 110 valence electrons. The van der Waals surface area contributed by atoms with Crippen LogP contribution in [0.25, 0.3) is 0 Å². The maximum atomic E-state index is 12.0. The van der Waals surface area contributed by atoms with E-state index < -0.39 is 0 Å². The van der Waals surface area contributed by atoms with Crippen LogP contribution in [0.3, 0.4) is 0 Å². The third-order valence-electron chi connectivity index (χ3n) is 4.02. The predicted molar refractivity (Wildman–Crippen MR) is 79.7 cm³/mol. The fourth-order valence-electron chi connectivity index (χ4n) is 2.50. The van der Waals surface area contributed by atoms with Crippen molar-refractivity contribution in [3.05, 3.63) is 29.3 Å². The van der Waals surface area contributed by atoms with E-state index in [1.165, 1.54) is 5.56 Å². The second-order valence-electron chi connectivity index (χ2n) is 6.00. The molecule has 1 amide bonds. The molecule has 0 radical (unpaired) electrons. The van der Waals surface area contributed by atoms with E-state index in [-0.39, 0.29) is 18.1 Å². The van der Waals surface area contributed by atoms with E-state index in [0.717, 1.165) is 24.2 Å². The van der Waals surface area contributed by atoms with Crippen LogP contribution >= 0.6 is 0 Å². The first-order chi connectivity index (χ1) is 9.44. The van der Waals surface area contributed by atoms with Crippen LogP contribution in [0.15, 0.2) is 18.2 Å². The van der Waals surface area contributed by atoms with E-state index >= 15 is 0 Å². The zero-order valence-corrected chi connectivity index (χ0v) is 12.5. The van der Waals surface area contributed by atoms with Crippen LogP contribution in [0.2, 0.25) is 0 Å². The molecule has 0 aromatic heterocycles. The van der Waals surface area contributed by atoms with E-state index in [1.54, 1.807) is 0 Å². The lowest BCUT2D eigenvalue weighted by molar-refractivity contribution is -0.125. The average molecular weight is 276 g/mol. The van der Waals surface area contributed by atoms with Crippen molar-refractivity contribution >= 4 is 5.91 Å². The highest BCUT2D eigenvalue weighted by molar-refractivity contribution is 5.78. The highest BCUT2D eigenvalue weighted by Gasteiger charge is 2.41. The quantitative estimate of drug-likeness (QED) is 0.834. The van der Waals surface area contributed by atoms with Gasteiger partial charge in [0.1, 0.15) is 5.75 Å². The molecule has 1 aliphatic carbocycles. The zero-order chi connectivity index (χ0) is 14.8. The minimum atomic E-state index is -0.289. The van der Waals surface area contributed by atoms with Crippen molar-refractivity contribution in [2.75, 3.05) is 13.2 Å². The molecule has 1 atom stereocenters. The van der Waals surface area contributed by atoms with Gasteiger partial charge in [0, 0.05) is 6.54 Å². The SMILES string of the molecule is Cc1ccc(OCC(=O)NC(C)(CN)C2CC2)c(C)c1. The molecule has 4 heteroatoms. The molecule has 0 saturated heterocycles. The Labute approximate surface area is 120 Å². The van der Waals surface area contributed by atoms with E-state index in [0.29, 0.717) is 12.5 Å². The van der Waals surface area contributed by atoms with Gasteiger partial charge in [0.2, 0.25) is 0 Å². The Kier molecular flexibility index (Phi) is 4.33. The molecule has 1 aromatic rings. The van der Waals surface area contributed by atoms with Crippen LogP contribution in [-0.4, -0.2) is 24.6 Å². The predicted octanol–water partition coefficient (Wildman–Crippen LogP) is 1.93. The normalized spacial score (nSPS) is 17.4. The number of aryl methyl sites for hydroxylation is 2. The summed E-state index contributed by atoms with van der Waals surface area (Å²) in [6.45, 7) is 6.53. The Morgan fingerprint density at radius 3 is 2.70 bits per heavy atom. The van der Waals surface area contributed by atoms with Gasteiger partial charge in [0.25, 0.3) is 5.91 Å². The summed E-state index contributed by atoms with van der Waals surface area (Å²) in [5.74, 6) is 1.16.